The average molecular weight is 446 g/mol. The molecule has 28 heavy (non-hydrogen) atoms. The quantitative estimate of drug-likeness (QED) is 0.684. The minimum atomic E-state index is -0.392. The van der Waals surface area contributed by atoms with Crippen molar-refractivity contribution in [2.75, 3.05) is 23.3 Å². The molecule has 0 aliphatic carbocycles. The summed E-state index contributed by atoms with van der Waals surface area (Å²) >= 11 is 3.28. The highest BCUT2D eigenvalue weighted by Crippen LogP contribution is 2.24. The molecule has 0 spiro atoms. The molecule has 0 aromatic heterocycles. The highest BCUT2D eigenvalue weighted by atomic mass is 79.9. The summed E-state index contributed by atoms with van der Waals surface area (Å²) in [6, 6.07) is 12.0. The molecule has 1 saturated heterocycles. The predicted octanol–water partition coefficient (Wildman–Crippen LogP) is 3.94. The van der Waals surface area contributed by atoms with Gasteiger partial charge in [-0.25, -0.2) is 4.39 Å². The standard InChI is InChI=1S/C21H21BrFN3O2/c22-16-2-7-19(23)15(13-16)1-8-20(27)25-17-3-5-18(6-4-17)26-11-9-14(10-12-26)21(24)28/h1-8,13-14H,9-12H2,(H2,24,28)(H,25,27)/b8-1+. The number of halogens is 2. The third-order valence-corrected chi connectivity index (χ3v) is 5.26. The van der Waals surface area contributed by atoms with Crippen LogP contribution in [-0.4, -0.2) is 24.9 Å². The van der Waals surface area contributed by atoms with E-state index < -0.39 is 5.82 Å². The zero-order valence-corrected chi connectivity index (χ0v) is 16.8. The van der Waals surface area contributed by atoms with Crippen LogP contribution in [0.1, 0.15) is 18.4 Å². The molecule has 0 saturated carbocycles. The Kier molecular flexibility index (Phi) is 6.46. The number of anilines is 2. The Morgan fingerprint density at radius 2 is 1.82 bits per heavy atom. The second kappa shape index (κ2) is 9.01. The van der Waals surface area contributed by atoms with E-state index in [0.29, 0.717) is 11.3 Å². The van der Waals surface area contributed by atoms with Crippen LogP contribution in [0, 0.1) is 11.7 Å². The Balaban J connectivity index is 1.57. The van der Waals surface area contributed by atoms with Gasteiger partial charge in [-0.05, 0) is 61.4 Å². The molecular formula is C21H21BrFN3O2. The minimum absolute atomic E-state index is 0.0447. The summed E-state index contributed by atoms with van der Waals surface area (Å²) in [5, 5.41) is 2.76. The first-order chi connectivity index (χ1) is 13.4. The lowest BCUT2D eigenvalue weighted by Crippen LogP contribution is -2.38. The van der Waals surface area contributed by atoms with Crippen LogP contribution in [0.2, 0.25) is 0 Å². The third kappa shape index (κ3) is 5.19. The Morgan fingerprint density at radius 1 is 1.14 bits per heavy atom. The summed E-state index contributed by atoms with van der Waals surface area (Å²) in [5.41, 5.74) is 7.39. The smallest absolute Gasteiger partial charge is 0.248 e. The topological polar surface area (TPSA) is 75.4 Å². The number of primary amides is 1. The van der Waals surface area contributed by atoms with Crippen molar-refractivity contribution in [3.05, 3.63) is 64.4 Å². The first kappa shape index (κ1) is 20.1. The van der Waals surface area contributed by atoms with Gasteiger partial charge in [-0.1, -0.05) is 15.9 Å². The van der Waals surface area contributed by atoms with E-state index >= 15 is 0 Å². The van der Waals surface area contributed by atoms with Crippen LogP contribution in [0.5, 0.6) is 0 Å². The Labute approximate surface area is 171 Å². The van der Waals surface area contributed by atoms with Gasteiger partial charge in [-0.15, -0.1) is 0 Å². The van der Waals surface area contributed by atoms with Crippen molar-refractivity contribution >= 4 is 45.2 Å². The summed E-state index contributed by atoms with van der Waals surface area (Å²) in [7, 11) is 0. The fourth-order valence-electron chi connectivity index (χ4n) is 3.17. The zero-order valence-electron chi connectivity index (χ0n) is 15.2. The molecule has 2 aromatic rings. The Bertz CT molecular complexity index is 891. The van der Waals surface area contributed by atoms with E-state index in [-0.39, 0.29) is 17.7 Å². The van der Waals surface area contributed by atoms with Crippen LogP contribution in [0.15, 0.2) is 53.0 Å². The molecule has 1 aliphatic heterocycles. The molecule has 3 rings (SSSR count). The first-order valence-electron chi connectivity index (χ1n) is 9.01. The highest BCUT2D eigenvalue weighted by molar-refractivity contribution is 9.10. The van der Waals surface area contributed by atoms with Crippen LogP contribution in [0.25, 0.3) is 6.08 Å². The zero-order chi connectivity index (χ0) is 20.1. The molecule has 1 fully saturated rings. The Morgan fingerprint density at radius 3 is 2.46 bits per heavy atom. The van der Waals surface area contributed by atoms with Gasteiger partial charge in [0.1, 0.15) is 5.82 Å². The summed E-state index contributed by atoms with van der Waals surface area (Å²) in [5.74, 6) is -1.00. The molecule has 3 N–H and O–H groups in total. The molecular weight excluding hydrogens is 425 g/mol. The van der Waals surface area contributed by atoms with Gasteiger partial charge in [0.25, 0.3) is 0 Å². The number of piperidine rings is 1. The van der Waals surface area contributed by atoms with Gasteiger partial charge in [0.05, 0.1) is 0 Å². The number of carbonyl (C=O) groups is 2. The number of nitrogens with one attached hydrogen (secondary N) is 1. The molecule has 7 heteroatoms. The van der Waals surface area contributed by atoms with Gasteiger partial charge in [0, 0.05) is 46.5 Å². The number of amides is 2. The van der Waals surface area contributed by atoms with Gasteiger partial charge in [0.15, 0.2) is 0 Å². The van der Waals surface area contributed by atoms with Crippen LogP contribution < -0.4 is 16.0 Å². The molecule has 2 aromatic carbocycles. The number of hydrogen-bond acceptors (Lipinski definition) is 3. The third-order valence-electron chi connectivity index (χ3n) is 4.77. The number of benzene rings is 2. The molecule has 0 bridgehead atoms. The van der Waals surface area contributed by atoms with Crippen LogP contribution >= 0.6 is 15.9 Å². The lowest BCUT2D eigenvalue weighted by molar-refractivity contribution is -0.122. The highest BCUT2D eigenvalue weighted by Gasteiger charge is 2.23. The summed E-state index contributed by atoms with van der Waals surface area (Å²) in [6.45, 7) is 1.56. The molecule has 0 radical (unpaired) electrons. The van der Waals surface area contributed by atoms with Gasteiger partial charge in [-0.3, -0.25) is 9.59 Å². The van der Waals surface area contributed by atoms with Crippen molar-refractivity contribution in [3.63, 3.8) is 0 Å². The fraction of sp³-hybridized carbons (Fsp3) is 0.238. The van der Waals surface area contributed by atoms with E-state index in [1.54, 1.807) is 12.1 Å². The summed E-state index contributed by atoms with van der Waals surface area (Å²) in [4.78, 5) is 25.5. The van der Waals surface area contributed by atoms with E-state index in [0.717, 1.165) is 36.1 Å². The lowest BCUT2D eigenvalue weighted by atomic mass is 9.96. The molecule has 5 nitrogen and oxygen atoms in total. The molecule has 2 amide bonds. The van der Waals surface area contributed by atoms with E-state index in [1.165, 1.54) is 18.2 Å². The SMILES string of the molecule is NC(=O)C1CCN(c2ccc(NC(=O)/C=C/c3cc(Br)ccc3F)cc2)CC1. The predicted molar refractivity (Wildman–Crippen MR) is 112 cm³/mol. The maximum Gasteiger partial charge on any atom is 0.248 e. The van der Waals surface area contributed by atoms with Crippen LogP contribution in [0.3, 0.4) is 0 Å². The summed E-state index contributed by atoms with van der Waals surface area (Å²) < 4.78 is 14.4. The Hall–Kier alpha value is -2.67. The molecule has 1 aliphatic rings. The molecule has 146 valence electrons. The normalized spacial score (nSPS) is 15.0. The van der Waals surface area contributed by atoms with E-state index in [1.807, 2.05) is 24.3 Å². The summed E-state index contributed by atoms with van der Waals surface area (Å²) in [6.07, 6.45) is 4.25. The second-order valence-electron chi connectivity index (χ2n) is 6.70. The van der Waals surface area contributed by atoms with Gasteiger partial charge in [-0.2, -0.15) is 0 Å². The number of nitrogens with two attached hydrogens (primary N) is 1. The average Bonchev–Trinajstić information content (AvgIpc) is 2.69. The van der Waals surface area contributed by atoms with Gasteiger partial charge in [0.2, 0.25) is 11.8 Å². The monoisotopic (exact) mass is 445 g/mol. The van der Waals surface area contributed by atoms with E-state index in [2.05, 4.69) is 26.1 Å². The largest absolute Gasteiger partial charge is 0.371 e. The maximum absolute atomic E-state index is 13.7. The fourth-order valence-corrected chi connectivity index (χ4v) is 3.55. The molecule has 0 atom stereocenters. The minimum Gasteiger partial charge on any atom is -0.371 e. The lowest BCUT2D eigenvalue weighted by Gasteiger charge is -2.32. The van der Waals surface area contributed by atoms with Crippen LogP contribution in [-0.2, 0) is 9.59 Å². The van der Waals surface area contributed by atoms with Crippen molar-refractivity contribution in [1.29, 1.82) is 0 Å². The van der Waals surface area contributed by atoms with E-state index in [9.17, 15) is 14.0 Å². The van der Waals surface area contributed by atoms with Crippen LogP contribution in [0.4, 0.5) is 15.8 Å². The number of hydrogen-bond donors (Lipinski definition) is 2. The number of nitrogens with zero attached hydrogens (tertiary/aromatic N) is 1. The number of carbonyl (C=O) groups excluding carboxylic acids is 2. The molecule has 0 unspecified atom stereocenters. The maximum atomic E-state index is 13.7. The van der Waals surface area contributed by atoms with Crippen molar-refractivity contribution in [2.24, 2.45) is 11.7 Å². The van der Waals surface area contributed by atoms with E-state index in [4.69, 9.17) is 5.73 Å². The van der Waals surface area contributed by atoms with Gasteiger partial charge >= 0.3 is 0 Å². The second-order valence-corrected chi connectivity index (χ2v) is 7.61. The van der Waals surface area contributed by atoms with Crippen molar-refractivity contribution < 1.29 is 14.0 Å². The van der Waals surface area contributed by atoms with Crippen molar-refractivity contribution in [2.45, 2.75) is 12.8 Å². The van der Waals surface area contributed by atoms with Crippen molar-refractivity contribution in [1.82, 2.24) is 0 Å². The van der Waals surface area contributed by atoms with Crippen molar-refractivity contribution in [3.8, 4) is 0 Å². The first-order valence-corrected chi connectivity index (χ1v) is 9.80. The number of rotatable bonds is 5. The van der Waals surface area contributed by atoms with Gasteiger partial charge < -0.3 is 16.0 Å². The molecule has 1 heterocycles.